The summed E-state index contributed by atoms with van der Waals surface area (Å²) in [6.45, 7) is 10.3. The minimum atomic E-state index is 0.400. The molecule has 1 aliphatic rings. The first-order valence-electron chi connectivity index (χ1n) is 8.37. The zero-order chi connectivity index (χ0) is 15.5. The summed E-state index contributed by atoms with van der Waals surface area (Å²) < 4.78 is 5.65. The molecule has 0 bridgehead atoms. The molecule has 21 heavy (non-hydrogen) atoms. The molecule has 0 saturated heterocycles. The smallest absolute Gasteiger partial charge is 0.123 e. The Morgan fingerprint density at radius 1 is 1.38 bits per heavy atom. The molecule has 2 atom stereocenters. The predicted octanol–water partition coefficient (Wildman–Crippen LogP) is 4.87. The van der Waals surface area contributed by atoms with E-state index < -0.39 is 0 Å². The van der Waals surface area contributed by atoms with Crippen LogP contribution in [0.5, 0.6) is 5.75 Å². The van der Waals surface area contributed by atoms with Gasteiger partial charge in [-0.05, 0) is 50.1 Å². The highest BCUT2D eigenvalue weighted by atomic mass is 16.5. The maximum absolute atomic E-state index is 5.65. The van der Waals surface area contributed by atoms with Crippen LogP contribution in [0.3, 0.4) is 0 Å². The summed E-state index contributed by atoms with van der Waals surface area (Å²) in [4.78, 5) is 0. The van der Waals surface area contributed by atoms with Gasteiger partial charge in [0.1, 0.15) is 5.75 Å². The van der Waals surface area contributed by atoms with E-state index >= 15 is 0 Å². The maximum Gasteiger partial charge on any atom is 0.123 e. The van der Waals surface area contributed by atoms with Crippen molar-refractivity contribution in [3.8, 4) is 5.75 Å². The van der Waals surface area contributed by atoms with E-state index in [1.54, 1.807) is 7.11 Å². The van der Waals surface area contributed by atoms with Gasteiger partial charge >= 0.3 is 0 Å². The molecule has 0 spiro atoms. The van der Waals surface area contributed by atoms with E-state index in [2.05, 4.69) is 51.2 Å². The van der Waals surface area contributed by atoms with Crippen molar-refractivity contribution in [2.45, 2.75) is 59.4 Å². The van der Waals surface area contributed by atoms with Gasteiger partial charge in [0, 0.05) is 11.6 Å². The second-order valence-corrected chi connectivity index (χ2v) is 7.16. The van der Waals surface area contributed by atoms with Crippen LogP contribution < -0.4 is 10.1 Å². The molecule has 1 aromatic rings. The van der Waals surface area contributed by atoms with Crippen molar-refractivity contribution in [2.75, 3.05) is 13.7 Å². The minimum absolute atomic E-state index is 0.400. The van der Waals surface area contributed by atoms with Crippen molar-refractivity contribution in [2.24, 2.45) is 11.3 Å². The van der Waals surface area contributed by atoms with E-state index in [-0.39, 0.29) is 0 Å². The minimum Gasteiger partial charge on any atom is -0.496 e. The Bertz CT molecular complexity index is 467. The first-order valence-corrected chi connectivity index (χ1v) is 8.37. The van der Waals surface area contributed by atoms with E-state index in [0.29, 0.717) is 17.4 Å². The summed E-state index contributed by atoms with van der Waals surface area (Å²) >= 11 is 0. The SMILES string of the molecule is CCCNC(c1cc(C)ccc1OC)C1CCCC1(C)C. The molecule has 0 amide bonds. The molecule has 2 rings (SSSR count). The molecule has 2 unspecified atom stereocenters. The highest BCUT2D eigenvalue weighted by Gasteiger charge is 2.40. The topological polar surface area (TPSA) is 21.3 Å². The fourth-order valence-corrected chi connectivity index (χ4v) is 3.84. The normalized spacial score (nSPS) is 22.2. The summed E-state index contributed by atoms with van der Waals surface area (Å²) in [5, 5.41) is 3.81. The summed E-state index contributed by atoms with van der Waals surface area (Å²) in [6, 6.07) is 6.96. The quantitative estimate of drug-likeness (QED) is 0.806. The largest absolute Gasteiger partial charge is 0.496 e. The van der Waals surface area contributed by atoms with Crippen LogP contribution in [0.25, 0.3) is 0 Å². The average Bonchev–Trinajstić information content (AvgIpc) is 2.79. The summed E-state index contributed by atoms with van der Waals surface area (Å²) in [5.74, 6) is 1.71. The molecular formula is C19H31NO. The van der Waals surface area contributed by atoms with Crippen LogP contribution in [0, 0.1) is 18.3 Å². The van der Waals surface area contributed by atoms with Crippen LogP contribution in [0.1, 0.15) is 63.6 Å². The van der Waals surface area contributed by atoms with Crippen LogP contribution in [-0.2, 0) is 0 Å². The van der Waals surface area contributed by atoms with Gasteiger partial charge in [0.2, 0.25) is 0 Å². The number of hydrogen-bond donors (Lipinski definition) is 1. The first kappa shape index (κ1) is 16.4. The maximum atomic E-state index is 5.65. The Kier molecular flexibility index (Phi) is 5.32. The molecule has 1 saturated carbocycles. The van der Waals surface area contributed by atoms with Gasteiger partial charge in [0.05, 0.1) is 7.11 Å². The molecule has 0 radical (unpaired) electrons. The van der Waals surface area contributed by atoms with Gasteiger partial charge in [-0.25, -0.2) is 0 Å². The highest BCUT2D eigenvalue weighted by Crippen LogP contribution is 2.50. The lowest BCUT2D eigenvalue weighted by atomic mass is 9.75. The second kappa shape index (κ2) is 6.83. The zero-order valence-corrected chi connectivity index (χ0v) is 14.3. The number of ether oxygens (including phenoxy) is 1. The van der Waals surface area contributed by atoms with E-state index in [9.17, 15) is 0 Å². The van der Waals surface area contributed by atoms with Gasteiger partial charge in [0.25, 0.3) is 0 Å². The van der Waals surface area contributed by atoms with E-state index in [0.717, 1.165) is 18.7 Å². The number of benzene rings is 1. The van der Waals surface area contributed by atoms with Crippen LogP contribution in [0.4, 0.5) is 0 Å². The van der Waals surface area contributed by atoms with Gasteiger partial charge in [-0.15, -0.1) is 0 Å². The third-order valence-corrected chi connectivity index (χ3v) is 5.08. The summed E-state index contributed by atoms with van der Waals surface area (Å²) in [5.41, 5.74) is 3.05. The average molecular weight is 289 g/mol. The molecule has 1 fully saturated rings. The van der Waals surface area contributed by atoms with Crippen molar-refractivity contribution in [1.29, 1.82) is 0 Å². The number of nitrogens with one attached hydrogen (secondary N) is 1. The molecule has 1 aromatic carbocycles. The Balaban J connectivity index is 2.38. The molecule has 0 aromatic heterocycles. The lowest BCUT2D eigenvalue weighted by molar-refractivity contribution is 0.195. The van der Waals surface area contributed by atoms with Crippen LogP contribution in [0.15, 0.2) is 18.2 Å². The lowest BCUT2D eigenvalue weighted by Gasteiger charge is -2.36. The Labute approximate surface area is 130 Å². The number of rotatable bonds is 6. The van der Waals surface area contributed by atoms with E-state index in [1.165, 1.54) is 30.4 Å². The van der Waals surface area contributed by atoms with Crippen molar-refractivity contribution < 1.29 is 4.74 Å². The first-order chi connectivity index (χ1) is 9.99. The third kappa shape index (κ3) is 3.60. The molecule has 118 valence electrons. The van der Waals surface area contributed by atoms with Crippen molar-refractivity contribution in [1.82, 2.24) is 5.32 Å². The molecule has 2 heteroatoms. The van der Waals surface area contributed by atoms with Gasteiger partial charge in [0.15, 0.2) is 0 Å². The van der Waals surface area contributed by atoms with Gasteiger partial charge in [-0.1, -0.05) is 44.9 Å². The number of methoxy groups -OCH3 is 1. The van der Waals surface area contributed by atoms with Crippen LogP contribution >= 0.6 is 0 Å². The highest BCUT2D eigenvalue weighted by molar-refractivity contribution is 5.40. The monoisotopic (exact) mass is 289 g/mol. The lowest BCUT2D eigenvalue weighted by Crippen LogP contribution is -2.34. The Hall–Kier alpha value is -1.02. The van der Waals surface area contributed by atoms with E-state index in [4.69, 9.17) is 4.74 Å². The number of aryl methyl sites for hydroxylation is 1. The van der Waals surface area contributed by atoms with Crippen molar-refractivity contribution >= 4 is 0 Å². The molecule has 0 aliphatic heterocycles. The predicted molar refractivity (Wildman–Crippen MR) is 89.9 cm³/mol. The summed E-state index contributed by atoms with van der Waals surface area (Å²) in [6.07, 6.45) is 5.15. The molecule has 2 nitrogen and oxygen atoms in total. The van der Waals surface area contributed by atoms with Gasteiger partial charge in [-0.2, -0.15) is 0 Å². The Morgan fingerprint density at radius 3 is 2.71 bits per heavy atom. The van der Waals surface area contributed by atoms with Crippen LogP contribution in [0.2, 0.25) is 0 Å². The van der Waals surface area contributed by atoms with Gasteiger partial charge < -0.3 is 10.1 Å². The molecular weight excluding hydrogens is 258 g/mol. The molecule has 1 N–H and O–H groups in total. The molecule has 1 aliphatic carbocycles. The fourth-order valence-electron chi connectivity index (χ4n) is 3.84. The van der Waals surface area contributed by atoms with Crippen molar-refractivity contribution in [3.63, 3.8) is 0 Å². The molecule has 0 heterocycles. The zero-order valence-electron chi connectivity index (χ0n) is 14.3. The number of hydrogen-bond acceptors (Lipinski definition) is 2. The van der Waals surface area contributed by atoms with Crippen LogP contribution in [-0.4, -0.2) is 13.7 Å². The Morgan fingerprint density at radius 2 is 2.14 bits per heavy atom. The van der Waals surface area contributed by atoms with E-state index in [1.807, 2.05) is 0 Å². The fraction of sp³-hybridized carbons (Fsp3) is 0.684. The van der Waals surface area contributed by atoms with Crippen molar-refractivity contribution in [3.05, 3.63) is 29.3 Å². The second-order valence-electron chi connectivity index (χ2n) is 7.16. The third-order valence-electron chi connectivity index (χ3n) is 5.08. The summed E-state index contributed by atoms with van der Waals surface area (Å²) in [7, 11) is 1.78. The van der Waals surface area contributed by atoms with Gasteiger partial charge in [-0.3, -0.25) is 0 Å². The standard InChI is InChI=1S/C19H31NO/c1-6-12-20-18(16-8-7-11-19(16,3)4)15-13-14(2)9-10-17(15)21-5/h9-10,13,16,18,20H,6-8,11-12H2,1-5H3.